The number of anilines is 1. The number of benzene rings is 1. The van der Waals surface area contributed by atoms with Crippen LogP contribution in [-0.2, 0) is 13.6 Å². The van der Waals surface area contributed by atoms with Crippen molar-refractivity contribution in [1.29, 1.82) is 0 Å². The van der Waals surface area contributed by atoms with Crippen LogP contribution in [0.2, 0.25) is 0 Å². The number of rotatable bonds is 3. The summed E-state index contributed by atoms with van der Waals surface area (Å²) in [4.78, 5) is 16.4. The molecule has 134 valence electrons. The van der Waals surface area contributed by atoms with Crippen LogP contribution in [0.4, 0.5) is 10.5 Å². The van der Waals surface area contributed by atoms with E-state index in [9.17, 15) is 9.90 Å². The normalized spacial score (nSPS) is 14.7. The third-order valence-electron chi connectivity index (χ3n) is 4.86. The minimum Gasteiger partial charge on any atom is -0.506 e. The number of para-hydroxylation sites is 2. The second-order valence-corrected chi connectivity index (χ2v) is 6.39. The Balaban J connectivity index is 1.54. The molecule has 1 aliphatic heterocycles. The molecule has 0 radical (unpaired) electrons. The average molecular weight is 343 g/mol. The molecule has 2 aromatic rings. The van der Waals surface area contributed by atoms with Crippen LogP contribution >= 0.6 is 0 Å². The Morgan fingerprint density at radius 2 is 1.88 bits per heavy atom. The fourth-order valence-corrected chi connectivity index (χ4v) is 3.23. The van der Waals surface area contributed by atoms with Crippen molar-refractivity contribution in [3.8, 4) is 5.75 Å². The van der Waals surface area contributed by atoms with Crippen LogP contribution in [0, 0.1) is 13.8 Å². The van der Waals surface area contributed by atoms with Crippen LogP contribution in [0.1, 0.15) is 17.0 Å². The van der Waals surface area contributed by atoms with Gasteiger partial charge in [-0.05, 0) is 26.0 Å². The highest BCUT2D eigenvalue weighted by Crippen LogP contribution is 2.27. The minimum atomic E-state index is -0.0559. The molecule has 2 amide bonds. The predicted molar refractivity (Wildman–Crippen MR) is 96.8 cm³/mol. The molecule has 3 rings (SSSR count). The van der Waals surface area contributed by atoms with Crippen molar-refractivity contribution in [2.45, 2.75) is 20.4 Å². The Morgan fingerprint density at radius 1 is 1.20 bits per heavy atom. The molecule has 1 aromatic carbocycles. The predicted octanol–water partition coefficient (Wildman–Crippen LogP) is 1.77. The molecular weight excluding hydrogens is 318 g/mol. The quantitative estimate of drug-likeness (QED) is 0.891. The van der Waals surface area contributed by atoms with Crippen LogP contribution in [0.15, 0.2) is 24.3 Å². The molecule has 1 aliphatic rings. The second-order valence-electron chi connectivity index (χ2n) is 6.39. The summed E-state index contributed by atoms with van der Waals surface area (Å²) < 4.78 is 1.84. The monoisotopic (exact) mass is 343 g/mol. The fourth-order valence-electron chi connectivity index (χ4n) is 3.23. The zero-order valence-electron chi connectivity index (χ0n) is 15.0. The lowest BCUT2D eigenvalue weighted by Gasteiger charge is -2.36. The Hall–Kier alpha value is -2.70. The molecule has 25 heavy (non-hydrogen) atoms. The van der Waals surface area contributed by atoms with E-state index < -0.39 is 0 Å². The number of hydrogen-bond donors (Lipinski definition) is 2. The van der Waals surface area contributed by atoms with Gasteiger partial charge in [-0.25, -0.2) is 4.79 Å². The maximum Gasteiger partial charge on any atom is 0.317 e. The Kier molecular flexibility index (Phi) is 4.83. The van der Waals surface area contributed by atoms with E-state index in [1.807, 2.05) is 48.7 Å². The zero-order chi connectivity index (χ0) is 18.0. The van der Waals surface area contributed by atoms with Gasteiger partial charge in [0.05, 0.1) is 11.4 Å². The van der Waals surface area contributed by atoms with E-state index in [-0.39, 0.29) is 11.8 Å². The third kappa shape index (κ3) is 3.55. The van der Waals surface area contributed by atoms with Gasteiger partial charge in [0.15, 0.2) is 0 Å². The molecule has 0 bridgehead atoms. The van der Waals surface area contributed by atoms with Gasteiger partial charge < -0.3 is 20.2 Å². The smallest absolute Gasteiger partial charge is 0.317 e. The lowest BCUT2D eigenvalue weighted by molar-refractivity contribution is 0.194. The van der Waals surface area contributed by atoms with Crippen molar-refractivity contribution in [3.63, 3.8) is 0 Å². The number of aromatic hydroxyl groups is 1. The van der Waals surface area contributed by atoms with E-state index in [2.05, 4.69) is 15.3 Å². The van der Waals surface area contributed by atoms with Gasteiger partial charge in [-0.15, -0.1) is 0 Å². The van der Waals surface area contributed by atoms with Gasteiger partial charge in [0.2, 0.25) is 0 Å². The van der Waals surface area contributed by atoms with Gasteiger partial charge in [0.1, 0.15) is 5.75 Å². The number of amides is 2. The molecule has 1 aromatic heterocycles. The maximum absolute atomic E-state index is 12.4. The van der Waals surface area contributed by atoms with Crippen LogP contribution < -0.4 is 10.2 Å². The topological polar surface area (TPSA) is 73.6 Å². The van der Waals surface area contributed by atoms with E-state index in [1.54, 1.807) is 6.07 Å². The van der Waals surface area contributed by atoms with E-state index in [0.717, 1.165) is 22.6 Å². The molecular formula is C18H25N5O2. The number of phenols is 1. The van der Waals surface area contributed by atoms with Crippen molar-refractivity contribution in [1.82, 2.24) is 20.0 Å². The van der Waals surface area contributed by atoms with E-state index in [4.69, 9.17) is 0 Å². The standard InChI is InChI=1S/C18H25N5O2/c1-13-15(14(2)21(3)20-13)12-19-18(25)23-10-8-22(9-11-23)16-6-4-5-7-17(16)24/h4-7,24H,8-12H2,1-3H3,(H,19,25). The van der Waals surface area contributed by atoms with Crippen LogP contribution in [0.5, 0.6) is 5.75 Å². The molecule has 1 fully saturated rings. The van der Waals surface area contributed by atoms with Crippen molar-refractivity contribution < 1.29 is 9.90 Å². The summed E-state index contributed by atoms with van der Waals surface area (Å²) in [5.41, 5.74) is 3.92. The Bertz CT molecular complexity index is 763. The number of urea groups is 1. The first-order valence-electron chi connectivity index (χ1n) is 8.52. The molecule has 7 nitrogen and oxygen atoms in total. The SMILES string of the molecule is Cc1nn(C)c(C)c1CNC(=O)N1CCN(c2ccccc2O)CC1. The van der Waals surface area contributed by atoms with E-state index >= 15 is 0 Å². The maximum atomic E-state index is 12.4. The van der Waals surface area contributed by atoms with Crippen molar-refractivity contribution >= 4 is 11.7 Å². The first kappa shape index (κ1) is 17.1. The molecule has 0 spiro atoms. The summed E-state index contributed by atoms with van der Waals surface area (Å²) in [6.45, 7) is 7.12. The van der Waals surface area contributed by atoms with Gasteiger partial charge in [0, 0.05) is 51.0 Å². The molecule has 1 saturated heterocycles. The lowest BCUT2D eigenvalue weighted by atomic mass is 10.2. The third-order valence-corrected chi connectivity index (χ3v) is 4.86. The minimum absolute atomic E-state index is 0.0559. The van der Waals surface area contributed by atoms with Gasteiger partial charge >= 0.3 is 6.03 Å². The van der Waals surface area contributed by atoms with Gasteiger partial charge in [-0.2, -0.15) is 5.10 Å². The van der Waals surface area contributed by atoms with Gasteiger partial charge in [0.25, 0.3) is 0 Å². The highest BCUT2D eigenvalue weighted by molar-refractivity contribution is 5.74. The number of nitrogens with one attached hydrogen (secondary N) is 1. The molecule has 2 N–H and O–H groups in total. The number of hydrogen-bond acceptors (Lipinski definition) is 4. The number of phenolic OH excluding ortho intramolecular Hbond substituents is 1. The number of carbonyl (C=O) groups is 1. The summed E-state index contributed by atoms with van der Waals surface area (Å²) >= 11 is 0. The first-order valence-corrected chi connectivity index (χ1v) is 8.52. The average Bonchev–Trinajstić information content (AvgIpc) is 2.85. The largest absolute Gasteiger partial charge is 0.506 e. The lowest BCUT2D eigenvalue weighted by Crippen LogP contribution is -2.51. The number of piperazine rings is 1. The zero-order valence-corrected chi connectivity index (χ0v) is 15.0. The highest BCUT2D eigenvalue weighted by Gasteiger charge is 2.22. The fraction of sp³-hybridized carbons (Fsp3) is 0.444. The molecule has 0 aliphatic carbocycles. The van der Waals surface area contributed by atoms with Crippen LogP contribution in [0.25, 0.3) is 0 Å². The summed E-state index contributed by atoms with van der Waals surface area (Å²) in [6, 6.07) is 7.25. The van der Waals surface area contributed by atoms with Gasteiger partial charge in [-0.1, -0.05) is 12.1 Å². The van der Waals surface area contributed by atoms with Gasteiger partial charge in [-0.3, -0.25) is 4.68 Å². The Morgan fingerprint density at radius 3 is 2.48 bits per heavy atom. The van der Waals surface area contributed by atoms with Crippen molar-refractivity contribution in [2.75, 3.05) is 31.1 Å². The molecule has 7 heteroatoms. The molecule has 0 atom stereocenters. The summed E-state index contributed by atoms with van der Waals surface area (Å²) in [6.07, 6.45) is 0. The molecule has 2 heterocycles. The molecule has 0 unspecified atom stereocenters. The number of carbonyl (C=O) groups excluding carboxylic acids is 1. The highest BCUT2D eigenvalue weighted by atomic mass is 16.3. The summed E-state index contributed by atoms with van der Waals surface area (Å²) in [5.74, 6) is 0.280. The van der Waals surface area contributed by atoms with E-state index in [1.165, 1.54) is 0 Å². The van der Waals surface area contributed by atoms with Crippen molar-refractivity contribution in [2.24, 2.45) is 7.05 Å². The molecule has 0 saturated carbocycles. The summed E-state index contributed by atoms with van der Waals surface area (Å²) in [7, 11) is 1.91. The number of aromatic nitrogens is 2. The number of nitrogens with zero attached hydrogens (tertiary/aromatic N) is 4. The second kappa shape index (κ2) is 7.04. The van der Waals surface area contributed by atoms with Crippen molar-refractivity contribution in [3.05, 3.63) is 41.2 Å². The Labute approximate surface area is 147 Å². The first-order chi connectivity index (χ1) is 12.0. The van der Waals surface area contributed by atoms with Crippen LogP contribution in [-0.4, -0.2) is 52.0 Å². The summed E-state index contributed by atoms with van der Waals surface area (Å²) in [5, 5.41) is 17.3. The number of aryl methyl sites for hydroxylation is 2. The van der Waals surface area contributed by atoms with Crippen LogP contribution in [0.3, 0.4) is 0 Å². The van der Waals surface area contributed by atoms with E-state index in [0.29, 0.717) is 32.7 Å².